The van der Waals surface area contributed by atoms with E-state index in [1.165, 1.54) is 5.56 Å². The van der Waals surface area contributed by atoms with Crippen molar-refractivity contribution in [3.05, 3.63) is 83.0 Å². The number of aryl methyl sites for hydroxylation is 2. The van der Waals surface area contributed by atoms with Gasteiger partial charge in [-0.3, -0.25) is 9.59 Å². The summed E-state index contributed by atoms with van der Waals surface area (Å²) in [7, 11) is 0. The smallest absolute Gasteiger partial charge is 0.253 e. The van der Waals surface area contributed by atoms with Gasteiger partial charge in [0.1, 0.15) is 0 Å². The summed E-state index contributed by atoms with van der Waals surface area (Å²) >= 11 is 0. The lowest BCUT2D eigenvalue weighted by atomic mass is 9.81. The molecule has 32 heavy (non-hydrogen) atoms. The van der Waals surface area contributed by atoms with Crippen LogP contribution in [0, 0.1) is 19.8 Å². The van der Waals surface area contributed by atoms with E-state index >= 15 is 0 Å². The van der Waals surface area contributed by atoms with Crippen LogP contribution in [0.3, 0.4) is 0 Å². The Morgan fingerprint density at radius 2 is 1.69 bits per heavy atom. The standard InChI is InChI=1S/C25H26N4O3/c1-17-8-10-19(11-9-17)12-22(30)28-13-21-14-29(23(31)20-6-4-3-5-7-20)16-25(21,15-28)24-26-18(2)27-32-24/h3-11,21H,12-16H2,1-2H3/t21-,25-/m0/s1. The maximum Gasteiger partial charge on any atom is 0.253 e. The van der Waals surface area contributed by atoms with Gasteiger partial charge in [0.2, 0.25) is 11.8 Å². The van der Waals surface area contributed by atoms with Crippen LogP contribution in [0.1, 0.15) is 33.2 Å². The van der Waals surface area contributed by atoms with Gasteiger partial charge in [-0.1, -0.05) is 53.2 Å². The van der Waals surface area contributed by atoms with Crippen LogP contribution in [0.25, 0.3) is 0 Å². The van der Waals surface area contributed by atoms with Crippen molar-refractivity contribution < 1.29 is 14.1 Å². The summed E-state index contributed by atoms with van der Waals surface area (Å²) in [6, 6.07) is 17.3. The van der Waals surface area contributed by atoms with Gasteiger partial charge in [-0.25, -0.2) is 0 Å². The van der Waals surface area contributed by atoms with Crippen molar-refractivity contribution in [2.75, 3.05) is 26.2 Å². The van der Waals surface area contributed by atoms with Gasteiger partial charge in [0.25, 0.3) is 5.91 Å². The topological polar surface area (TPSA) is 79.5 Å². The minimum absolute atomic E-state index is 0.00635. The number of aromatic nitrogens is 2. The second-order valence-corrected chi connectivity index (χ2v) is 8.99. The van der Waals surface area contributed by atoms with Gasteiger partial charge in [-0.05, 0) is 31.5 Å². The molecule has 2 aliphatic heterocycles. The molecule has 2 amide bonds. The molecule has 1 aromatic heterocycles. The molecule has 2 aliphatic rings. The zero-order chi connectivity index (χ0) is 22.3. The van der Waals surface area contributed by atoms with Crippen molar-refractivity contribution in [3.8, 4) is 0 Å². The molecule has 164 valence electrons. The van der Waals surface area contributed by atoms with E-state index in [0.29, 0.717) is 49.9 Å². The summed E-state index contributed by atoms with van der Waals surface area (Å²) in [4.78, 5) is 34.5. The number of amides is 2. The fourth-order valence-electron chi connectivity index (χ4n) is 4.97. The van der Waals surface area contributed by atoms with Gasteiger partial charge < -0.3 is 14.3 Å². The maximum absolute atomic E-state index is 13.1. The highest BCUT2D eigenvalue weighted by atomic mass is 16.5. The molecule has 3 aromatic rings. The first-order chi connectivity index (χ1) is 15.4. The summed E-state index contributed by atoms with van der Waals surface area (Å²) in [5.74, 6) is 1.21. The van der Waals surface area contributed by atoms with Crippen LogP contribution in [0.15, 0.2) is 59.1 Å². The van der Waals surface area contributed by atoms with Crippen LogP contribution < -0.4 is 0 Å². The van der Waals surface area contributed by atoms with Gasteiger partial charge in [0, 0.05) is 37.7 Å². The highest BCUT2D eigenvalue weighted by molar-refractivity contribution is 5.94. The van der Waals surface area contributed by atoms with Crippen molar-refractivity contribution in [1.29, 1.82) is 0 Å². The van der Waals surface area contributed by atoms with Crippen molar-refractivity contribution >= 4 is 11.8 Å². The number of hydrogen-bond donors (Lipinski definition) is 0. The minimum atomic E-state index is -0.533. The minimum Gasteiger partial charge on any atom is -0.341 e. The molecular formula is C25H26N4O3. The van der Waals surface area contributed by atoms with Gasteiger partial charge in [0.05, 0.1) is 11.8 Å². The normalized spacial score (nSPS) is 22.2. The summed E-state index contributed by atoms with van der Waals surface area (Å²) in [6.45, 7) is 5.89. The largest absolute Gasteiger partial charge is 0.341 e. The van der Waals surface area contributed by atoms with E-state index in [-0.39, 0.29) is 17.7 Å². The molecule has 2 saturated heterocycles. The highest BCUT2D eigenvalue weighted by Crippen LogP contribution is 2.44. The molecule has 3 heterocycles. The molecule has 0 unspecified atom stereocenters. The fraction of sp³-hybridized carbons (Fsp3) is 0.360. The van der Waals surface area contributed by atoms with E-state index in [0.717, 1.165) is 5.56 Å². The fourth-order valence-corrected chi connectivity index (χ4v) is 4.97. The van der Waals surface area contributed by atoms with Crippen LogP contribution in [0.2, 0.25) is 0 Å². The number of fused-ring (bicyclic) bond motifs is 1. The Morgan fingerprint density at radius 1 is 1.00 bits per heavy atom. The average Bonchev–Trinajstić information content (AvgIpc) is 3.48. The van der Waals surface area contributed by atoms with E-state index in [2.05, 4.69) is 10.1 Å². The Morgan fingerprint density at radius 3 is 2.38 bits per heavy atom. The van der Waals surface area contributed by atoms with Crippen LogP contribution >= 0.6 is 0 Å². The predicted molar refractivity (Wildman–Crippen MR) is 118 cm³/mol. The molecule has 2 fully saturated rings. The Labute approximate surface area is 187 Å². The van der Waals surface area contributed by atoms with Gasteiger partial charge in [-0.2, -0.15) is 4.98 Å². The average molecular weight is 431 g/mol. The molecule has 5 rings (SSSR count). The van der Waals surface area contributed by atoms with E-state index in [4.69, 9.17) is 4.52 Å². The first-order valence-corrected chi connectivity index (χ1v) is 10.9. The first-order valence-electron chi connectivity index (χ1n) is 10.9. The number of carbonyl (C=O) groups is 2. The number of likely N-dealkylation sites (tertiary alicyclic amines) is 2. The molecule has 0 saturated carbocycles. The Balaban J connectivity index is 1.38. The number of benzene rings is 2. The van der Waals surface area contributed by atoms with Gasteiger partial charge in [-0.15, -0.1) is 0 Å². The number of nitrogens with zero attached hydrogens (tertiary/aromatic N) is 4. The molecular weight excluding hydrogens is 404 g/mol. The van der Waals surface area contributed by atoms with E-state index in [1.54, 1.807) is 6.92 Å². The quantitative estimate of drug-likeness (QED) is 0.636. The number of carbonyl (C=O) groups excluding carboxylic acids is 2. The lowest BCUT2D eigenvalue weighted by molar-refractivity contribution is -0.129. The molecule has 0 spiro atoms. The molecule has 7 nitrogen and oxygen atoms in total. The number of rotatable bonds is 4. The van der Waals surface area contributed by atoms with Crippen molar-refractivity contribution in [1.82, 2.24) is 19.9 Å². The summed E-state index contributed by atoms with van der Waals surface area (Å²) in [5, 5.41) is 4.00. The molecule has 2 aromatic carbocycles. The van der Waals surface area contributed by atoms with E-state index in [1.807, 2.05) is 71.3 Å². The SMILES string of the molecule is Cc1ccc(CC(=O)N2C[C@H]3CN(C(=O)c4ccccc4)C[C@@]3(c3nc(C)no3)C2)cc1. The summed E-state index contributed by atoms with van der Waals surface area (Å²) in [6.07, 6.45) is 0.360. The third-order valence-electron chi connectivity index (χ3n) is 6.70. The van der Waals surface area contributed by atoms with Gasteiger partial charge in [0.15, 0.2) is 5.82 Å². The monoisotopic (exact) mass is 430 g/mol. The van der Waals surface area contributed by atoms with Crippen molar-refractivity contribution in [3.63, 3.8) is 0 Å². The third-order valence-corrected chi connectivity index (χ3v) is 6.70. The first kappa shape index (κ1) is 20.4. The molecule has 0 aliphatic carbocycles. The zero-order valence-electron chi connectivity index (χ0n) is 18.3. The molecule has 0 bridgehead atoms. The number of hydrogen-bond acceptors (Lipinski definition) is 5. The third kappa shape index (κ3) is 3.57. The van der Waals surface area contributed by atoms with Crippen LogP contribution in [-0.2, 0) is 16.6 Å². The Hall–Kier alpha value is -3.48. The highest BCUT2D eigenvalue weighted by Gasteiger charge is 2.58. The molecule has 2 atom stereocenters. The molecule has 0 radical (unpaired) electrons. The van der Waals surface area contributed by atoms with Crippen molar-refractivity contribution in [2.45, 2.75) is 25.7 Å². The Kier molecular flexibility index (Phi) is 5.04. The molecule has 0 N–H and O–H groups in total. The second-order valence-electron chi connectivity index (χ2n) is 8.99. The lowest BCUT2D eigenvalue weighted by Gasteiger charge is -2.26. The predicted octanol–water partition coefficient (Wildman–Crippen LogP) is 2.78. The van der Waals surface area contributed by atoms with Crippen LogP contribution in [0.4, 0.5) is 0 Å². The summed E-state index contributed by atoms with van der Waals surface area (Å²) in [5.41, 5.74) is 2.30. The van der Waals surface area contributed by atoms with Crippen LogP contribution in [-0.4, -0.2) is 57.9 Å². The van der Waals surface area contributed by atoms with Crippen molar-refractivity contribution in [2.24, 2.45) is 5.92 Å². The van der Waals surface area contributed by atoms with Crippen LogP contribution in [0.5, 0.6) is 0 Å². The maximum atomic E-state index is 13.1. The van der Waals surface area contributed by atoms with E-state index in [9.17, 15) is 9.59 Å². The summed E-state index contributed by atoms with van der Waals surface area (Å²) < 4.78 is 5.61. The molecule has 7 heteroatoms. The lowest BCUT2D eigenvalue weighted by Crippen LogP contribution is -2.41. The van der Waals surface area contributed by atoms with E-state index < -0.39 is 5.41 Å². The Bertz CT molecular complexity index is 1140. The second kappa shape index (κ2) is 7.89. The zero-order valence-corrected chi connectivity index (χ0v) is 18.3. The van der Waals surface area contributed by atoms with Gasteiger partial charge >= 0.3 is 0 Å².